The number of nitrogens with zero attached hydrogens (tertiary/aromatic N) is 1. The van der Waals surface area contributed by atoms with Crippen molar-refractivity contribution in [3.05, 3.63) is 11.1 Å². The molecule has 2 nitrogen and oxygen atoms in total. The van der Waals surface area contributed by atoms with Crippen molar-refractivity contribution in [2.24, 2.45) is 5.10 Å². The molecule has 0 heterocycles. The van der Waals surface area contributed by atoms with E-state index >= 15 is 0 Å². The first-order valence-corrected chi connectivity index (χ1v) is 6.81. The normalized spacial score (nSPS) is 10.6. The van der Waals surface area contributed by atoms with E-state index in [1.165, 1.54) is 33.2 Å². The SMILES string of the molecule is BBc1c(B)c(C)c(NN=CC)c(B(B)B)c1C. The highest BCUT2D eigenvalue weighted by atomic mass is 15.3. The highest BCUT2D eigenvalue weighted by Crippen LogP contribution is 2.11. The van der Waals surface area contributed by atoms with Crippen molar-refractivity contribution >= 4 is 73.0 Å². The van der Waals surface area contributed by atoms with E-state index in [1.807, 2.05) is 6.92 Å². The molecule has 1 aromatic rings. The van der Waals surface area contributed by atoms with Gasteiger partial charge in [0, 0.05) is 6.21 Å². The second-order valence-electron chi connectivity index (χ2n) is 5.15. The summed E-state index contributed by atoms with van der Waals surface area (Å²) in [7, 11) is 10.0. The van der Waals surface area contributed by atoms with Crippen LogP contribution in [0, 0.1) is 13.8 Å². The van der Waals surface area contributed by atoms with Gasteiger partial charge in [0.1, 0.15) is 21.5 Å². The van der Waals surface area contributed by atoms with Gasteiger partial charge < -0.3 is 0 Å². The van der Waals surface area contributed by atoms with Crippen LogP contribution < -0.4 is 21.8 Å². The maximum atomic E-state index is 4.21. The standard InChI is InChI=1S/C10H20B6N2/c1-4-17-18-10-5(2)7(11)8(15-12)6(3)9(10)16(13)14/h4,15,18H,11-14H2,1-3H3. The van der Waals surface area contributed by atoms with Crippen LogP contribution in [0.3, 0.4) is 0 Å². The number of hydrogen-bond donors (Lipinski definition) is 1. The monoisotopic (exact) mass is 234 g/mol. The van der Waals surface area contributed by atoms with Crippen molar-refractivity contribution in [3.63, 3.8) is 0 Å². The molecule has 1 rings (SSSR count). The summed E-state index contributed by atoms with van der Waals surface area (Å²) in [5.74, 6) is 0. The molecule has 0 radical (unpaired) electrons. The molecule has 0 bridgehead atoms. The highest BCUT2D eigenvalue weighted by Gasteiger charge is 2.18. The quantitative estimate of drug-likeness (QED) is 0.317. The van der Waals surface area contributed by atoms with Crippen molar-refractivity contribution in [2.45, 2.75) is 20.8 Å². The van der Waals surface area contributed by atoms with Gasteiger partial charge in [-0.2, -0.15) is 5.10 Å². The van der Waals surface area contributed by atoms with Gasteiger partial charge in [0.15, 0.2) is 0 Å². The minimum Gasteiger partial charge on any atom is -0.279 e. The highest BCUT2D eigenvalue weighted by molar-refractivity contribution is 7.35. The van der Waals surface area contributed by atoms with Crippen LogP contribution in [0.4, 0.5) is 5.69 Å². The second kappa shape index (κ2) is 6.31. The van der Waals surface area contributed by atoms with E-state index < -0.39 is 0 Å². The molecule has 0 unspecified atom stereocenters. The van der Waals surface area contributed by atoms with Gasteiger partial charge in [0.2, 0.25) is 0 Å². The van der Waals surface area contributed by atoms with E-state index in [-0.39, 0.29) is 0 Å². The maximum absolute atomic E-state index is 4.21. The lowest BCUT2D eigenvalue weighted by molar-refractivity contribution is 1.32. The van der Waals surface area contributed by atoms with Crippen molar-refractivity contribution in [1.29, 1.82) is 0 Å². The van der Waals surface area contributed by atoms with E-state index in [0.717, 1.165) is 7.17 Å². The van der Waals surface area contributed by atoms with Crippen molar-refractivity contribution in [2.75, 3.05) is 5.43 Å². The van der Waals surface area contributed by atoms with Crippen molar-refractivity contribution in [3.8, 4) is 0 Å². The first kappa shape index (κ1) is 15.1. The summed E-state index contributed by atoms with van der Waals surface area (Å²) < 4.78 is 0. The molecule has 18 heavy (non-hydrogen) atoms. The molecule has 0 saturated carbocycles. The van der Waals surface area contributed by atoms with Gasteiger partial charge in [-0.15, -0.1) is 0 Å². The van der Waals surface area contributed by atoms with Crippen LogP contribution in [0.5, 0.6) is 0 Å². The van der Waals surface area contributed by atoms with Crippen molar-refractivity contribution in [1.82, 2.24) is 0 Å². The van der Waals surface area contributed by atoms with Gasteiger partial charge in [-0.1, -0.05) is 22.0 Å². The summed E-state index contributed by atoms with van der Waals surface area (Å²) in [5, 5.41) is 4.21. The van der Waals surface area contributed by atoms with Gasteiger partial charge in [0.05, 0.1) is 28.9 Å². The molecule has 8 heteroatoms. The van der Waals surface area contributed by atoms with Gasteiger partial charge >= 0.3 is 0 Å². The Kier molecular flexibility index (Phi) is 5.30. The Morgan fingerprint density at radius 3 is 2.33 bits per heavy atom. The van der Waals surface area contributed by atoms with Crippen LogP contribution in [0.25, 0.3) is 0 Å². The molecule has 0 aliphatic carbocycles. The summed E-state index contributed by atoms with van der Waals surface area (Å²) in [6, 6.07) is 0. The molecule has 1 N–H and O–H groups in total. The molecule has 0 aliphatic heterocycles. The molecule has 0 saturated heterocycles. The predicted octanol–water partition coefficient (Wildman–Crippen LogP) is -4.45. The van der Waals surface area contributed by atoms with E-state index in [4.69, 9.17) is 0 Å². The third kappa shape index (κ3) is 2.73. The third-order valence-electron chi connectivity index (χ3n) is 3.75. The number of benzene rings is 1. The van der Waals surface area contributed by atoms with Crippen LogP contribution in [-0.4, -0.2) is 50.9 Å². The van der Waals surface area contributed by atoms with E-state index in [1.54, 1.807) is 6.21 Å². The Hall–Kier alpha value is -0.920. The number of rotatable bonds is 4. The molecule has 1 aromatic carbocycles. The zero-order valence-corrected chi connectivity index (χ0v) is 12.8. The van der Waals surface area contributed by atoms with Crippen molar-refractivity contribution < 1.29 is 0 Å². The number of nitrogens with one attached hydrogen (secondary N) is 1. The Bertz CT molecular complexity index is 472. The number of hydrogen-bond acceptors (Lipinski definition) is 2. The topological polar surface area (TPSA) is 24.4 Å². The lowest BCUT2D eigenvalue weighted by atomic mass is 9.16. The van der Waals surface area contributed by atoms with E-state index in [9.17, 15) is 0 Å². The molecule has 0 atom stereocenters. The zero-order valence-electron chi connectivity index (χ0n) is 12.8. The summed E-state index contributed by atoms with van der Waals surface area (Å²) >= 11 is 0. The Labute approximate surface area is 116 Å². The van der Waals surface area contributed by atoms with Crippen LogP contribution in [0.2, 0.25) is 0 Å². The van der Waals surface area contributed by atoms with Crippen LogP contribution in [0.1, 0.15) is 18.1 Å². The molecule has 0 amide bonds. The first-order valence-electron chi connectivity index (χ1n) is 6.81. The maximum Gasteiger partial charge on any atom is 0.138 e. The fourth-order valence-electron chi connectivity index (χ4n) is 2.77. The fraction of sp³-hybridized carbons (Fsp3) is 0.300. The molecule has 0 aliphatic rings. The second-order valence-corrected chi connectivity index (χ2v) is 5.15. The summed E-state index contributed by atoms with van der Waals surface area (Å²) in [4.78, 5) is 0. The lowest BCUT2D eigenvalue weighted by Crippen LogP contribution is -2.47. The summed E-state index contributed by atoms with van der Waals surface area (Å²) in [6.45, 7) is 6.86. The minimum atomic E-state index is 0.504. The average molecular weight is 233 g/mol. The van der Waals surface area contributed by atoms with Crippen LogP contribution in [0.15, 0.2) is 5.10 Å². The fourth-order valence-corrected chi connectivity index (χ4v) is 2.77. The van der Waals surface area contributed by atoms with Gasteiger partial charge in [-0.05, 0) is 26.3 Å². The Balaban J connectivity index is 3.57. The van der Waals surface area contributed by atoms with Gasteiger partial charge in [-0.3, -0.25) is 5.43 Å². The van der Waals surface area contributed by atoms with Gasteiger partial charge in [-0.25, -0.2) is 0 Å². The molecule has 0 aromatic heterocycles. The number of anilines is 1. The first-order chi connectivity index (χ1) is 8.45. The molecule has 0 fully saturated rings. The predicted molar refractivity (Wildman–Crippen MR) is 99.7 cm³/mol. The molecular formula is C10H20B6N2. The van der Waals surface area contributed by atoms with Crippen LogP contribution in [-0.2, 0) is 0 Å². The molecule has 88 valence electrons. The molecular weight excluding hydrogens is 213 g/mol. The average Bonchev–Trinajstić information content (AvgIpc) is 2.32. The smallest absolute Gasteiger partial charge is 0.138 e. The summed E-state index contributed by atoms with van der Waals surface area (Å²) in [6.07, 6.45) is 1.79. The van der Waals surface area contributed by atoms with Crippen LogP contribution >= 0.6 is 0 Å². The largest absolute Gasteiger partial charge is 0.279 e. The van der Waals surface area contributed by atoms with E-state index in [0.29, 0.717) is 6.49 Å². The molecule has 0 spiro atoms. The van der Waals surface area contributed by atoms with E-state index in [2.05, 4.69) is 55.4 Å². The lowest BCUT2D eigenvalue weighted by Gasteiger charge is -2.23. The summed E-state index contributed by atoms with van der Waals surface area (Å²) in [5.41, 5.74) is 11.4. The van der Waals surface area contributed by atoms with Gasteiger partial charge in [0.25, 0.3) is 0 Å². The zero-order chi connectivity index (χ0) is 13.9. The minimum absolute atomic E-state index is 0.504. The number of hydrazone groups is 1. The third-order valence-corrected chi connectivity index (χ3v) is 3.75. The Morgan fingerprint density at radius 2 is 1.89 bits per heavy atom. The Morgan fingerprint density at radius 1 is 1.28 bits per heavy atom.